The van der Waals surface area contributed by atoms with Crippen molar-refractivity contribution in [3.63, 3.8) is 0 Å². The van der Waals surface area contributed by atoms with Gasteiger partial charge in [-0.25, -0.2) is 13.2 Å². The lowest BCUT2D eigenvalue weighted by atomic mass is 9.95. The number of rotatable bonds is 3. The predicted molar refractivity (Wildman–Crippen MR) is 64.3 cm³/mol. The van der Waals surface area contributed by atoms with Gasteiger partial charge < -0.3 is 14.6 Å². The van der Waals surface area contributed by atoms with E-state index in [-0.39, 0.29) is 18.2 Å². The standard InChI is InChI=1S/C11H15NO6S/c1-11(15)4-6-12(7-5-11)19(16,17)9-3-2-8(18-9)10(13)14/h2-3,15H,4-7H2,1H3,(H,13,14). The minimum atomic E-state index is -3.83. The third-order valence-corrected chi connectivity index (χ3v) is 4.96. The second kappa shape index (κ2) is 4.62. The van der Waals surface area contributed by atoms with Crippen LogP contribution >= 0.6 is 0 Å². The number of hydrogen-bond acceptors (Lipinski definition) is 5. The zero-order valence-electron chi connectivity index (χ0n) is 10.4. The molecule has 0 spiro atoms. The molecule has 2 N–H and O–H groups in total. The molecule has 0 aliphatic carbocycles. The molecule has 0 radical (unpaired) electrons. The molecule has 8 heteroatoms. The fraction of sp³-hybridized carbons (Fsp3) is 0.545. The first kappa shape index (κ1) is 14.0. The molecule has 0 atom stereocenters. The van der Waals surface area contributed by atoms with E-state index in [1.165, 1.54) is 4.31 Å². The highest BCUT2D eigenvalue weighted by molar-refractivity contribution is 7.89. The van der Waals surface area contributed by atoms with Crippen LogP contribution in [0.4, 0.5) is 0 Å². The molecule has 0 aromatic carbocycles. The molecule has 19 heavy (non-hydrogen) atoms. The monoisotopic (exact) mass is 289 g/mol. The number of aromatic carboxylic acids is 1. The van der Waals surface area contributed by atoms with Gasteiger partial charge in [0.25, 0.3) is 10.0 Å². The van der Waals surface area contributed by atoms with Crippen molar-refractivity contribution in [3.05, 3.63) is 17.9 Å². The van der Waals surface area contributed by atoms with E-state index in [0.29, 0.717) is 12.8 Å². The highest BCUT2D eigenvalue weighted by Gasteiger charge is 2.35. The molecule has 1 aliphatic rings. The molecule has 0 bridgehead atoms. The molecule has 106 valence electrons. The van der Waals surface area contributed by atoms with Crippen molar-refractivity contribution in [3.8, 4) is 0 Å². The van der Waals surface area contributed by atoms with Crippen molar-refractivity contribution in [1.29, 1.82) is 0 Å². The van der Waals surface area contributed by atoms with Crippen molar-refractivity contribution in [2.24, 2.45) is 0 Å². The smallest absolute Gasteiger partial charge is 0.371 e. The molecule has 2 rings (SSSR count). The first-order valence-corrected chi connectivity index (χ1v) is 7.22. The maximum Gasteiger partial charge on any atom is 0.371 e. The number of hydrogen-bond donors (Lipinski definition) is 2. The summed E-state index contributed by atoms with van der Waals surface area (Å²) in [5.74, 6) is -1.73. The highest BCUT2D eigenvalue weighted by atomic mass is 32.2. The number of furan rings is 1. The summed E-state index contributed by atoms with van der Waals surface area (Å²) < 4.78 is 30.4. The van der Waals surface area contributed by atoms with Gasteiger partial charge in [0.1, 0.15) is 0 Å². The number of carboxylic acids is 1. The molecule has 1 fully saturated rings. The largest absolute Gasteiger partial charge is 0.475 e. The molecule has 0 saturated carbocycles. The zero-order valence-corrected chi connectivity index (χ0v) is 11.2. The highest BCUT2D eigenvalue weighted by Crippen LogP contribution is 2.26. The van der Waals surface area contributed by atoms with Crippen LogP contribution in [-0.4, -0.2) is 47.6 Å². The average Bonchev–Trinajstić information content (AvgIpc) is 2.78. The Hall–Kier alpha value is -1.38. The maximum absolute atomic E-state index is 12.2. The number of aliphatic hydroxyl groups is 1. The Kier molecular flexibility index (Phi) is 3.41. The van der Waals surface area contributed by atoms with Gasteiger partial charge >= 0.3 is 5.97 Å². The lowest BCUT2D eigenvalue weighted by molar-refractivity contribution is 0.0123. The topological polar surface area (TPSA) is 108 Å². The first-order valence-electron chi connectivity index (χ1n) is 5.78. The van der Waals surface area contributed by atoms with Gasteiger partial charge in [0.05, 0.1) is 5.60 Å². The van der Waals surface area contributed by atoms with Gasteiger partial charge in [-0.1, -0.05) is 0 Å². The van der Waals surface area contributed by atoms with Crippen LogP contribution in [0.3, 0.4) is 0 Å². The Morgan fingerprint density at radius 3 is 2.42 bits per heavy atom. The number of piperidine rings is 1. The fourth-order valence-corrected chi connectivity index (χ4v) is 3.26. The number of carbonyl (C=O) groups is 1. The van der Waals surface area contributed by atoms with Crippen molar-refractivity contribution >= 4 is 16.0 Å². The van der Waals surface area contributed by atoms with E-state index in [9.17, 15) is 18.3 Å². The van der Waals surface area contributed by atoms with Gasteiger partial charge in [-0.15, -0.1) is 0 Å². The van der Waals surface area contributed by atoms with Crippen LogP contribution in [0.1, 0.15) is 30.3 Å². The lowest BCUT2D eigenvalue weighted by Crippen LogP contribution is -2.44. The molecule has 2 heterocycles. The number of sulfonamides is 1. The molecule has 1 saturated heterocycles. The Balaban J connectivity index is 2.20. The van der Waals surface area contributed by atoms with Crippen molar-refractivity contribution < 1.29 is 27.8 Å². The molecule has 0 amide bonds. The quantitative estimate of drug-likeness (QED) is 0.839. The van der Waals surface area contributed by atoms with E-state index in [1.54, 1.807) is 6.92 Å². The minimum Gasteiger partial charge on any atom is -0.475 e. The minimum absolute atomic E-state index is 0.179. The SMILES string of the molecule is CC1(O)CCN(S(=O)(=O)c2ccc(C(=O)O)o2)CC1. The van der Waals surface area contributed by atoms with Crippen molar-refractivity contribution in [2.75, 3.05) is 13.1 Å². The normalized spacial score (nSPS) is 20.3. The summed E-state index contributed by atoms with van der Waals surface area (Å²) in [6, 6.07) is 2.24. The van der Waals surface area contributed by atoms with Crippen LogP contribution in [0.5, 0.6) is 0 Å². The number of carboxylic acid groups (broad SMARTS) is 1. The third-order valence-electron chi connectivity index (χ3n) is 3.19. The Labute approximate surface area is 110 Å². The second-order valence-electron chi connectivity index (χ2n) is 4.82. The molecule has 1 aromatic rings. The average molecular weight is 289 g/mol. The van der Waals surface area contributed by atoms with Gasteiger partial charge in [0.15, 0.2) is 0 Å². The van der Waals surface area contributed by atoms with Crippen LogP contribution < -0.4 is 0 Å². The summed E-state index contributed by atoms with van der Waals surface area (Å²) in [7, 11) is -3.83. The van der Waals surface area contributed by atoms with Crippen LogP contribution in [0.15, 0.2) is 21.6 Å². The van der Waals surface area contributed by atoms with Gasteiger partial charge in [-0.2, -0.15) is 4.31 Å². The summed E-state index contributed by atoms with van der Waals surface area (Å²) in [4.78, 5) is 10.7. The summed E-state index contributed by atoms with van der Waals surface area (Å²) in [6.45, 7) is 2.02. The molecule has 1 aromatic heterocycles. The maximum atomic E-state index is 12.2. The van der Waals surface area contributed by atoms with Crippen LogP contribution in [0.25, 0.3) is 0 Å². The van der Waals surface area contributed by atoms with E-state index >= 15 is 0 Å². The Bertz CT molecular complexity index is 578. The van der Waals surface area contributed by atoms with Crippen molar-refractivity contribution in [2.45, 2.75) is 30.5 Å². The number of nitrogens with zero attached hydrogens (tertiary/aromatic N) is 1. The van der Waals surface area contributed by atoms with Gasteiger partial charge in [-0.3, -0.25) is 0 Å². The molecular weight excluding hydrogens is 274 g/mol. The molecular formula is C11H15NO6S. The summed E-state index contributed by atoms with van der Waals surface area (Å²) in [5, 5.41) is 18.1. The van der Waals surface area contributed by atoms with Gasteiger partial charge in [0, 0.05) is 13.1 Å². The summed E-state index contributed by atoms with van der Waals surface area (Å²) >= 11 is 0. The zero-order chi connectivity index (χ0) is 14.3. The Morgan fingerprint density at radius 2 is 1.95 bits per heavy atom. The second-order valence-corrected chi connectivity index (χ2v) is 6.69. The van der Waals surface area contributed by atoms with E-state index in [2.05, 4.69) is 0 Å². The Morgan fingerprint density at radius 1 is 1.37 bits per heavy atom. The van der Waals surface area contributed by atoms with Crippen LogP contribution in [0, 0.1) is 0 Å². The first-order chi connectivity index (χ1) is 8.72. The van der Waals surface area contributed by atoms with Crippen LogP contribution in [0.2, 0.25) is 0 Å². The van der Waals surface area contributed by atoms with E-state index in [0.717, 1.165) is 12.1 Å². The fourth-order valence-electron chi connectivity index (χ4n) is 1.91. The summed E-state index contributed by atoms with van der Waals surface area (Å²) in [6.07, 6.45) is 0.664. The van der Waals surface area contributed by atoms with E-state index in [4.69, 9.17) is 9.52 Å². The molecule has 0 unspecified atom stereocenters. The van der Waals surface area contributed by atoms with Gasteiger partial charge in [-0.05, 0) is 31.9 Å². The molecule has 1 aliphatic heterocycles. The van der Waals surface area contributed by atoms with Crippen molar-refractivity contribution in [1.82, 2.24) is 4.31 Å². The predicted octanol–water partition coefficient (Wildman–Crippen LogP) is 0.513. The van der Waals surface area contributed by atoms with E-state index < -0.39 is 27.4 Å². The van der Waals surface area contributed by atoms with Gasteiger partial charge in [0.2, 0.25) is 10.9 Å². The van der Waals surface area contributed by atoms with E-state index in [1.807, 2.05) is 0 Å². The third kappa shape index (κ3) is 2.80. The summed E-state index contributed by atoms with van der Waals surface area (Å²) in [5.41, 5.74) is -0.860. The van der Waals surface area contributed by atoms with Crippen LogP contribution in [-0.2, 0) is 10.0 Å². The molecule has 7 nitrogen and oxygen atoms in total. The lowest BCUT2D eigenvalue weighted by Gasteiger charge is -2.34.